The second-order valence-corrected chi connectivity index (χ2v) is 5.76. The number of nitrogens with zero attached hydrogens (tertiary/aromatic N) is 2. The van der Waals surface area contributed by atoms with Gasteiger partial charge in [0, 0.05) is 31.8 Å². The van der Waals surface area contributed by atoms with E-state index in [1.54, 1.807) is 0 Å². The fraction of sp³-hybridized carbons (Fsp3) is 1.00. The average Bonchev–Trinajstić information content (AvgIpc) is 2.38. The van der Waals surface area contributed by atoms with Crippen molar-refractivity contribution in [2.24, 2.45) is 0 Å². The number of rotatable bonds is 12. The van der Waals surface area contributed by atoms with Gasteiger partial charge in [-0.25, -0.2) is 0 Å². The monoisotopic (exact) mass is 274 g/mol. The first kappa shape index (κ1) is 18.8. The Morgan fingerprint density at radius 2 is 1.58 bits per heavy atom. The van der Waals surface area contributed by atoms with Crippen molar-refractivity contribution in [3.8, 4) is 0 Å². The van der Waals surface area contributed by atoms with Crippen LogP contribution in [0.1, 0.15) is 40.0 Å². The van der Waals surface area contributed by atoms with E-state index in [-0.39, 0.29) is 6.61 Å². The zero-order valence-electron chi connectivity index (χ0n) is 13.6. The topological polar surface area (TPSA) is 35.9 Å². The first-order valence-corrected chi connectivity index (χ1v) is 7.58. The molecule has 0 aromatic heterocycles. The molecular weight excluding hydrogens is 240 g/mol. The van der Waals surface area contributed by atoms with Gasteiger partial charge >= 0.3 is 0 Å². The molecule has 19 heavy (non-hydrogen) atoms. The molecule has 0 rings (SSSR count). The fourth-order valence-corrected chi connectivity index (χ4v) is 1.75. The van der Waals surface area contributed by atoms with Crippen LogP contribution < -0.4 is 0 Å². The van der Waals surface area contributed by atoms with Gasteiger partial charge in [0.05, 0.1) is 6.61 Å². The molecule has 0 radical (unpaired) electrons. The number of hydrogen-bond acceptors (Lipinski definition) is 4. The number of aliphatic hydroxyl groups is 1. The van der Waals surface area contributed by atoms with Crippen LogP contribution in [0.5, 0.6) is 0 Å². The smallest absolute Gasteiger partial charge is 0.0619 e. The minimum atomic E-state index is 0.265. The molecule has 116 valence electrons. The van der Waals surface area contributed by atoms with Crippen molar-refractivity contribution >= 4 is 0 Å². The van der Waals surface area contributed by atoms with Crippen LogP contribution in [-0.4, -0.2) is 74.0 Å². The van der Waals surface area contributed by atoms with Gasteiger partial charge in [-0.05, 0) is 60.7 Å². The van der Waals surface area contributed by atoms with Gasteiger partial charge in [-0.3, -0.25) is 0 Å². The van der Waals surface area contributed by atoms with Crippen LogP contribution in [0.25, 0.3) is 0 Å². The summed E-state index contributed by atoms with van der Waals surface area (Å²) >= 11 is 0. The van der Waals surface area contributed by atoms with Crippen LogP contribution in [0.2, 0.25) is 0 Å². The lowest BCUT2D eigenvalue weighted by Crippen LogP contribution is -2.34. The maximum atomic E-state index is 8.79. The van der Waals surface area contributed by atoms with Gasteiger partial charge in [0.1, 0.15) is 0 Å². The molecule has 0 bridgehead atoms. The summed E-state index contributed by atoms with van der Waals surface area (Å²) in [6.07, 6.45) is 3.16. The number of hydrogen-bond donors (Lipinski definition) is 1. The Kier molecular flexibility index (Phi) is 11.6. The largest absolute Gasteiger partial charge is 0.396 e. The van der Waals surface area contributed by atoms with Gasteiger partial charge in [0.15, 0.2) is 0 Å². The van der Waals surface area contributed by atoms with Crippen LogP contribution in [-0.2, 0) is 4.74 Å². The Bertz CT molecular complexity index is 201. The highest BCUT2D eigenvalue weighted by molar-refractivity contribution is 4.62. The molecule has 0 fully saturated rings. The van der Waals surface area contributed by atoms with E-state index in [0.29, 0.717) is 12.1 Å². The normalized spacial score (nSPS) is 13.7. The molecule has 0 aliphatic heterocycles. The molecule has 1 unspecified atom stereocenters. The van der Waals surface area contributed by atoms with Gasteiger partial charge in [0.2, 0.25) is 0 Å². The lowest BCUT2D eigenvalue weighted by Gasteiger charge is -2.24. The minimum Gasteiger partial charge on any atom is -0.396 e. The Labute approximate surface area is 119 Å². The van der Waals surface area contributed by atoms with Gasteiger partial charge in [-0.2, -0.15) is 0 Å². The van der Waals surface area contributed by atoms with Gasteiger partial charge in [0.25, 0.3) is 0 Å². The van der Waals surface area contributed by atoms with Crippen molar-refractivity contribution in [1.82, 2.24) is 9.80 Å². The molecule has 0 saturated heterocycles. The number of aliphatic hydroxyl groups excluding tert-OH is 1. The number of likely N-dealkylation sites (N-methyl/N-ethyl adjacent to an activating group) is 1. The predicted octanol–water partition coefficient (Wildman–Crippen LogP) is 1.83. The van der Waals surface area contributed by atoms with E-state index in [1.165, 1.54) is 6.42 Å². The van der Waals surface area contributed by atoms with Gasteiger partial charge < -0.3 is 19.6 Å². The lowest BCUT2D eigenvalue weighted by molar-refractivity contribution is 0.0711. The molecule has 1 N–H and O–H groups in total. The third-order valence-corrected chi connectivity index (χ3v) is 3.71. The maximum Gasteiger partial charge on any atom is 0.0619 e. The summed E-state index contributed by atoms with van der Waals surface area (Å²) in [5, 5.41) is 8.79. The SMILES string of the molecule is CC(C)N(C)CCCCOCC(C)N(C)CCCO. The third-order valence-electron chi connectivity index (χ3n) is 3.71. The molecule has 0 saturated carbocycles. The van der Waals surface area contributed by atoms with Gasteiger partial charge in [-0.1, -0.05) is 0 Å². The van der Waals surface area contributed by atoms with Crippen molar-refractivity contribution < 1.29 is 9.84 Å². The van der Waals surface area contributed by atoms with E-state index in [2.05, 4.69) is 44.7 Å². The summed E-state index contributed by atoms with van der Waals surface area (Å²) in [7, 11) is 4.25. The van der Waals surface area contributed by atoms with Crippen molar-refractivity contribution in [1.29, 1.82) is 0 Å². The van der Waals surface area contributed by atoms with Crippen molar-refractivity contribution in [3.63, 3.8) is 0 Å². The van der Waals surface area contributed by atoms with E-state index in [1.807, 2.05) is 0 Å². The Hall–Kier alpha value is -0.160. The first-order valence-electron chi connectivity index (χ1n) is 7.58. The molecule has 0 aromatic carbocycles. The zero-order chi connectivity index (χ0) is 14.7. The van der Waals surface area contributed by atoms with Crippen LogP contribution in [0.15, 0.2) is 0 Å². The Morgan fingerprint density at radius 1 is 0.947 bits per heavy atom. The molecule has 0 amide bonds. The standard InChI is InChI=1S/C15H34N2O2/c1-14(2)16(4)9-6-7-12-19-13-15(3)17(5)10-8-11-18/h14-15,18H,6-13H2,1-5H3. The summed E-state index contributed by atoms with van der Waals surface area (Å²) in [6.45, 7) is 10.6. The second-order valence-electron chi connectivity index (χ2n) is 5.76. The van der Waals surface area contributed by atoms with E-state index in [4.69, 9.17) is 9.84 Å². The van der Waals surface area contributed by atoms with Crippen LogP contribution in [0.4, 0.5) is 0 Å². The first-order chi connectivity index (χ1) is 8.99. The molecule has 0 aromatic rings. The summed E-state index contributed by atoms with van der Waals surface area (Å²) in [5.41, 5.74) is 0. The quantitative estimate of drug-likeness (QED) is 0.551. The Balaban J connectivity index is 3.43. The fourth-order valence-electron chi connectivity index (χ4n) is 1.75. The minimum absolute atomic E-state index is 0.265. The van der Waals surface area contributed by atoms with Crippen molar-refractivity contribution in [2.45, 2.75) is 52.1 Å². The second kappa shape index (κ2) is 11.6. The molecule has 4 heteroatoms. The van der Waals surface area contributed by atoms with E-state index in [0.717, 1.165) is 39.1 Å². The van der Waals surface area contributed by atoms with Crippen LogP contribution >= 0.6 is 0 Å². The van der Waals surface area contributed by atoms with E-state index >= 15 is 0 Å². The maximum absolute atomic E-state index is 8.79. The Morgan fingerprint density at radius 3 is 2.16 bits per heavy atom. The van der Waals surface area contributed by atoms with Crippen LogP contribution in [0, 0.1) is 0 Å². The summed E-state index contributed by atoms with van der Waals surface area (Å²) in [4.78, 5) is 4.61. The lowest BCUT2D eigenvalue weighted by atomic mass is 10.2. The van der Waals surface area contributed by atoms with E-state index in [9.17, 15) is 0 Å². The molecular formula is C15H34N2O2. The average molecular weight is 274 g/mol. The van der Waals surface area contributed by atoms with Crippen molar-refractivity contribution in [3.05, 3.63) is 0 Å². The highest BCUT2D eigenvalue weighted by Crippen LogP contribution is 2.01. The van der Waals surface area contributed by atoms with Crippen molar-refractivity contribution in [2.75, 3.05) is 47.0 Å². The zero-order valence-corrected chi connectivity index (χ0v) is 13.6. The van der Waals surface area contributed by atoms with E-state index < -0.39 is 0 Å². The summed E-state index contributed by atoms with van der Waals surface area (Å²) in [6, 6.07) is 1.05. The predicted molar refractivity (Wildman–Crippen MR) is 81.6 cm³/mol. The highest BCUT2D eigenvalue weighted by Gasteiger charge is 2.08. The molecule has 0 heterocycles. The molecule has 0 spiro atoms. The van der Waals surface area contributed by atoms with Crippen LogP contribution in [0.3, 0.4) is 0 Å². The molecule has 4 nitrogen and oxygen atoms in total. The number of unbranched alkanes of at least 4 members (excludes halogenated alkanes) is 1. The summed E-state index contributed by atoms with van der Waals surface area (Å²) in [5.74, 6) is 0. The third kappa shape index (κ3) is 10.3. The van der Waals surface area contributed by atoms with Gasteiger partial charge in [-0.15, -0.1) is 0 Å². The molecule has 0 aliphatic rings. The number of ether oxygens (including phenoxy) is 1. The highest BCUT2D eigenvalue weighted by atomic mass is 16.5. The molecule has 0 aliphatic carbocycles. The summed E-state index contributed by atoms with van der Waals surface area (Å²) < 4.78 is 5.72. The molecule has 1 atom stereocenters.